The number of hydrogen-bond acceptors (Lipinski definition) is 2. The Balaban J connectivity index is 1.71. The lowest BCUT2D eigenvalue weighted by Gasteiger charge is -2.38. The fourth-order valence-corrected chi connectivity index (χ4v) is 2.60. The molecule has 1 aliphatic carbocycles. The monoisotopic (exact) mass is 217 g/mol. The van der Waals surface area contributed by atoms with Crippen molar-refractivity contribution in [1.29, 1.82) is 0 Å². The van der Waals surface area contributed by atoms with E-state index in [1.807, 2.05) is 30.3 Å². The van der Waals surface area contributed by atoms with E-state index in [1.165, 1.54) is 25.7 Å². The van der Waals surface area contributed by atoms with Crippen molar-refractivity contribution in [3.8, 4) is 0 Å². The standard InChI is InChI=1S/C14H17O2/c1-2-6-11(7-3-1)14-15-10-12-8-4-5-9-13(12)16-14/h1-3,6-7,12-13H,4-5,8-10H2/t12-,13-/m1/s1. The molecule has 3 rings (SSSR count). The lowest BCUT2D eigenvalue weighted by atomic mass is 9.86. The molecule has 2 fully saturated rings. The molecule has 1 aromatic rings. The minimum absolute atomic E-state index is 0.387. The summed E-state index contributed by atoms with van der Waals surface area (Å²) in [5.41, 5.74) is 1.06. The highest BCUT2D eigenvalue weighted by Gasteiger charge is 2.35. The quantitative estimate of drug-likeness (QED) is 0.719. The summed E-state index contributed by atoms with van der Waals surface area (Å²) in [5, 5.41) is 0. The minimum atomic E-state index is 0.387. The Morgan fingerprint density at radius 1 is 1.00 bits per heavy atom. The molecule has 0 unspecified atom stereocenters. The van der Waals surface area contributed by atoms with Crippen molar-refractivity contribution in [2.75, 3.05) is 6.61 Å². The Kier molecular flexibility index (Phi) is 2.94. The van der Waals surface area contributed by atoms with Gasteiger partial charge in [0.15, 0.2) is 0 Å². The van der Waals surface area contributed by atoms with Crippen molar-refractivity contribution in [1.82, 2.24) is 0 Å². The summed E-state index contributed by atoms with van der Waals surface area (Å²) in [7, 11) is 0. The third-order valence-electron chi connectivity index (χ3n) is 3.54. The Hall–Kier alpha value is -0.860. The molecule has 0 N–H and O–H groups in total. The van der Waals surface area contributed by atoms with Crippen LogP contribution in [-0.4, -0.2) is 12.7 Å². The van der Waals surface area contributed by atoms with Gasteiger partial charge < -0.3 is 9.47 Å². The van der Waals surface area contributed by atoms with Crippen LogP contribution in [0.25, 0.3) is 0 Å². The second kappa shape index (κ2) is 4.56. The normalized spacial score (nSPS) is 31.0. The van der Waals surface area contributed by atoms with E-state index < -0.39 is 0 Å². The summed E-state index contributed by atoms with van der Waals surface area (Å²) in [6, 6.07) is 10.1. The van der Waals surface area contributed by atoms with Gasteiger partial charge in [-0.1, -0.05) is 43.2 Å². The smallest absolute Gasteiger partial charge is 0.256 e. The first-order valence-corrected chi connectivity index (χ1v) is 6.15. The van der Waals surface area contributed by atoms with Gasteiger partial charge in [-0.15, -0.1) is 0 Å². The zero-order chi connectivity index (χ0) is 10.8. The van der Waals surface area contributed by atoms with E-state index in [0.29, 0.717) is 12.0 Å². The van der Waals surface area contributed by atoms with Gasteiger partial charge in [-0.2, -0.15) is 0 Å². The van der Waals surface area contributed by atoms with Crippen LogP contribution in [0.3, 0.4) is 0 Å². The van der Waals surface area contributed by atoms with Crippen LogP contribution in [0.2, 0.25) is 0 Å². The summed E-state index contributed by atoms with van der Waals surface area (Å²) in [6.45, 7) is 0.828. The number of fused-ring (bicyclic) bond motifs is 1. The highest BCUT2D eigenvalue weighted by Crippen LogP contribution is 2.36. The van der Waals surface area contributed by atoms with Crippen LogP contribution >= 0.6 is 0 Å². The average molecular weight is 217 g/mol. The Bertz CT molecular complexity index is 336. The lowest BCUT2D eigenvalue weighted by Crippen LogP contribution is -2.38. The Labute approximate surface area is 96.6 Å². The van der Waals surface area contributed by atoms with Crippen LogP contribution in [0.4, 0.5) is 0 Å². The van der Waals surface area contributed by atoms with E-state index in [0.717, 1.165) is 18.5 Å². The van der Waals surface area contributed by atoms with Crippen molar-refractivity contribution in [3.05, 3.63) is 42.2 Å². The molecule has 2 nitrogen and oxygen atoms in total. The maximum absolute atomic E-state index is 5.97. The molecule has 2 heteroatoms. The molecule has 1 heterocycles. The number of rotatable bonds is 1. The molecule has 2 aliphatic rings. The number of ether oxygens (including phenoxy) is 2. The lowest BCUT2D eigenvalue weighted by molar-refractivity contribution is -0.157. The molecule has 2 atom stereocenters. The highest BCUT2D eigenvalue weighted by molar-refractivity contribution is 5.24. The van der Waals surface area contributed by atoms with E-state index >= 15 is 0 Å². The molecule has 16 heavy (non-hydrogen) atoms. The largest absolute Gasteiger partial charge is 0.341 e. The molecule has 0 bridgehead atoms. The molecule has 0 amide bonds. The SMILES string of the molecule is c1ccc([C]2OC[C@H]3CCCC[C@H]3O2)cc1. The van der Waals surface area contributed by atoms with Gasteiger partial charge in [0.05, 0.1) is 12.7 Å². The molecule has 1 aliphatic heterocycles. The molecule has 1 radical (unpaired) electrons. The van der Waals surface area contributed by atoms with Gasteiger partial charge in [-0.25, -0.2) is 0 Å². The van der Waals surface area contributed by atoms with E-state index in [-0.39, 0.29) is 0 Å². The second-order valence-electron chi connectivity index (χ2n) is 4.67. The second-order valence-corrected chi connectivity index (χ2v) is 4.67. The average Bonchev–Trinajstić information content (AvgIpc) is 2.39. The first-order valence-electron chi connectivity index (χ1n) is 6.15. The molecule has 1 saturated heterocycles. The number of benzene rings is 1. The maximum Gasteiger partial charge on any atom is 0.256 e. The third-order valence-corrected chi connectivity index (χ3v) is 3.54. The van der Waals surface area contributed by atoms with Gasteiger partial charge in [-0.05, 0) is 12.8 Å². The molecular weight excluding hydrogens is 200 g/mol. The Morgan fingerprint density at radius 3 is 2.69 bits per heavy atom. The molecule has 85 valence electrons. The fraction of sp³-hybridized carbons (Fsp3) is 0.500. The molecular formula is C14H17O2. The molecule has 0 spiro atoms. The van der Waals surface area contributed by atoms with Gasteiger partial charge in [0.2, 0.25) is 0 Å². The van der Waals surface area contributed by atoms with Crippen LogP contribution in [0.15, 0.2) is 30.3 Å². The maximum atomic E-state index is 5.97. The third kappa shape index (κ3) is 2.00. The summed E-state index contributed by atoms with van der Waals surface area (Å²) in [5.74, 6) is 0.612. The topological polar surface area (TPSA) is 18.5 Å². The molecule has 1 aromatic carbocycles. The predicted octanol–water partition coefficient (Wildman–Crippen LogP) is 3.13. The zero-order valence-electron chi connectivity index (χ0n) is 9.39. The van der Waals surface area contributed by atoms with Crippen molar-refractivity contribution in [2.24, 2.45) is 5.92 Å². The van der Waals surface area contributed by atoms with Crippen LogP contribution in [-0.2, 0) is 9.47 Å². The summed E-state index contributed by atoms with van der Waals surface area (Å²) >= 11 is 0. The first kappa shape index (κ1) is 10.3. The Morgan fingerprint density at radius 2 is 1.81 bits per heavy atom. The predicted molar refractivity (Wildman–Crippen MR) is 61.6 cm³/mol. The fourth-order valence-electron chi connectivity index (χ4n) is 2.60. The van der Waals surface area contributed by atoms with Crippen LogP contribution in [0.5, 0.6) is 0 Å². The minimum Gasteiger partial charge on any atom is -0.341 e. The van der Waals surface area contributed by atoms with Gasteiger partial charge in [-0.3, -0.25) is 0 Å². The van der Waals surface area contributed by atoms with Gasteiger partial charge >= 0.3 is 0 Å². The first-order chi connectivity index (χ1) is 7.93. The van der Waals surface area contributed by atoms with E-state index in [9.17, 15) is 0 Å². The van der Waals surface area contributed by atoms with Crippen molar-refractivity contribution in [3.63, 3.8) is 0 Å². The van der Waals surface area contributed by atoms with E-state index in [1.54, 1.807) is 0 Å². The summed E-state index contributed by atoms with van der Waals surface area (Å²) < 4.78 is 11.7. The molecule has 1 saturated carbocycles. The van der Waals surface area contributed by atoms with Crippen molar-refractivity contribution >= 4 is 0 Å². The van der Waals surface area contributed by atoms with Crippen LogP contribution < -0.4 is 0 Å². The van der Waals surface area contributed by atoms with Gasteiger partial charge in [0.25, 0.3) is 6.29 Å². The molecule has 0 aromatic heterocycles. The van der Waals surface area contributed by atoms with Gasteiger partial charge in [0.1, 0.15) is 0 Å². The van der Waals surface area contributed by atoms with Gasteiger partial charge in [0, 0.05) is 11.5 Å². The highest BCUT2D eigenvalue weighted by atomic mass is 16.7. The van der Waals surface area contributed by atoms with Crippen molar-refractivity contribution < 1.29 is 9.47 Å². The van der Waals surface area contributed by atoms with E-state index in [4.69, 9.17) is 9.47 Å². The van der Waals surface area contributed by atoms with Crippen molar-refractivity contribution in [2.45, 2.75) is 31.8 Å². The van der Waals surface area contributed by atoms with E-state index in [2.05, 4.69) is 0 Å². The van der Waals surface area contributed by atoms with Crippen LogP contribution in [0.1, 0.15) is 31.2 Å². The zero-order valence-corrected chi connectivity index (χ0v) is 9.39. The summed E-state index contributed by atoms with van der Waals surface area (Å²) in [4.78, 5) is 0. The summed E-state index contributed by atoms with van der Waals surface area (Å²) in [6.07, 6.45) is 6.18. The number of hydrogen-bond donors (Lipinski definition) is 0. The van der Waals surface area contributed by atoms with Crippen LogP contribution in [0, 0.1) is 12.2 Å².